The van der Waals surface area contributed by atoms with Crippen molar-refractivity contribution in [3.05, 3.63) is 41.6 Å². The van der Waals surface area contributed by atoms with Gasteiger partial charge in [-0.25, -0.2) is 9.07 Å². The Morgan fingerprint density at radius 2 is 1.94 bits per heavy atom. The van der Waals surface area contributed by atoms with E-state index in [1.807, 2.05) is 17.7 Å². The van der Waals surface area contributed by atoms with Gasteiger partial charge in [0, 0.05) is 32.7 Å². The Morgan fingerprint density at radius 3 is 2.66 bits per heavy atom. The predicted molar refractivity (Wildman–Crippen MR) is 131 cm³/mol. The second-order valence-corrected chi connectivity index (χ2v) is 8.58. The fourth-order valence-electron chi connectivity index (χ4n) is 4.46. The Balaban J connectivity index is 1.24. The molecule has 10 nitrogen and oxygen atoms in total. The lowest BCUT2D eigenvalue weighted by atomic mass is 10.1. The minimum absolute atomic E-state index is 0.235. The number of fused-ring (bicyclic) bond motifs is 3. The van der Waals surface area contributed by atoms with Gasteiger partial charge < -0.3 is 15.7 Å². The molecule has 0 saturated carbocycles. The van der Waals surface area contributed by atoms with E-state index in [1.165, 1.54) is 10.6 Å². The summed E-state index contributed by atoms with van der Waals surface area (Å²) in [5.74, 6) is 5.98. The Labute approximate surface area is 202 Å². The number of rotatable bonds is 6. The van der Waals surface area contributed by atoms with Crippen LogP contribution >= 0.6 is 0 Å². The van der Waals surface area contributed by atoms with Gasteiger partial charge in [-0.1, -0.05) is 18.9 Å². The lowest BCUT2D eigenvalue weighted by Gasteiger charge is -2.36. The number of piperazine rings is 1. The lowest BCUT2D eigenvalue weighted by molar-refractivity contribution is 0.173. The highest BCUT2D eigenvalue weighted by Gasteiger charge is 2.21. The number of aromatic nitrogens is 6. The van der Waals surface area contributed by atoms with Crippen molar-refractivity contribution in [2.75, 3.05) is 43.4 Å². The average Bonchev–Trinajstić information content (AvgIpc) is 3.47. The van der Waals surface area contributed by atoms with Crippen LogP contribution < -0.4 is 10.6 Å². The molecule has 0 spiro atoms. The van der Waals surface area contributed by atoms with Crippen molar-refractivity contribution < 1.29 is 9.50 Å². The summed E-state index contributed by atoms with van der Waals surface area (Å²) in [5.41, 5.74) is 8.56. The fourth-order valence-corrected chi connectivity index (χ4v) is 4.46. The number of nitrogens with two attached hydrogens (primary N) is 1. The van der Waals surface area contributed by atoms with Crippen LogP contribution in [0.25, 0.3) is 16.7 Å². The van der Waals surface area contributed by atoms with Gasteiger partial charge >= 0.3 is 0 Å². The van der Waals surface area contributed by atoms with Gasteiger partial charge in [-0.15, -0.1) is 5.10 Å². The molecule has 11 heteroatoms. The molecule has 5 rings (SSSR count). The van der Waals surface area contributed by atoms with Crippen LogP contribution in [0, 0.1) is 17.7 Å². The summed E-state index contributed by atoms with van der Waals surface area (Å²) in [7, 11) is 0. The van der Waals surface area contributed by atoms with Gasteiger partial charge in [0.15, 0.2) is 11.3 Å². The van der Waals surface area contributed by atoms with E-state index in [4.69, 9.17) is 5.73 Å². The maximum Gasteiger partial charge on any atom is 0.226 e. The first-order valence-electron chi connectivity index (χ1n) is 11.7. The number of anilines is 2. The first-order valence-corrected chi connectivity index (χ1v) is 11.7. The first-order chi connectivity index (χ1) is 17.0. The van der Waals surface area contributed by atoms with Gasteiger partial charge in [0.05, 0.1) is 29.9 Å². The third-order valence-electron chi connectivity index (χ3n) is 6.42. The normalized spacial score (nSPS) is 15.5. The second kappa shape index (κ2) is 9.48. The molecule has 3 N–H and O–H groups in total. The minimum Gasteiger partial charge on any atom is -0.388 e. The summed E-state index contributed by atoms with van der Waals surface area (Å²) in [6.45, 7) is 8.08. The van der Waals surface area contributed by atoms with Gasteiger partial charge in [0.25, 0.3) is 0 Å². The zero-order valence-corrected chi connectivity index (χ0v) is 19.8. The largest absolute Gasteiger partial charge is 0.388 e. The third kappa shape index (κ3) is 4.38. The molecule has 0 radical (unpaired) electrons. The molecule has 4 heterocycles. The van der Waals surface area contributed by atoms with Crippen molar-refractivity contribution in [1.29, 1.82) is 0 Å². The van der Waals surface area contributed by atoms with Crippen LogP contribution in [0.15, 0.2) is 24.4 Å². The van der Waals surface area contributed by atoms with Crippen molar-refractivity contribution in [2.24, 2.45) is 0 Å². The summed E-state index contributed by atoms with van der Waals surface area (Å²) < 4.78 is 18.0. The van der Waals surface area contributed by atoms with Crippen molar-refractivity contribution in [3.63, 3.8) is 0 Å². The molecule has 1 unspecified atom stereocenters. The molecule has 0 bridgehead atoms. The smallest absolute Gasteiger partial charge is 0.226 e. The van der Waals surface area contributed by atoms with Gasteiger partial charge in [-0.2, -0.15) is 19.6 Å². The molecule has 1 aliphatic heterocycles. The standard InChI is InChI=1S/C24H28FN9O/c1-3-5-21-28-23-17-15-27-33(22(17)29-24(26)34(23)30-21)13-10-31-8-11-32(12-9-31)19-7-6-16(14-18(19)25)20(35)4-2/h6-7,14-15,20,35H,4,8-13H2,1-2H3,(H2,26,29). The summed E-state index contributed by atoms with van der Waals surface area (Å²) in [6.07, 6.45) is 1.66. The topological polar surface area (TPSA) is 114 Å². The van der Waals surface area contributed by atoms with Crippen molar-refractivity contribution >= 4 is 28.3 Å². The molecule has 0 amide bonds. The number of nitrogen functional groups attached to an aromatic ring is 1. The van der Waals surface area contributed by atoms with Gasteiger partial charge in [-0.05, 0) is 37.0 Å². The van der Waals surface area contributed by atoms with E-state index in [-0.39, 0.29) is 11.8 Å². The van der Waals surface area contributed by atoms with E-state index in [0.29, 0.717) is 41.3 Å². The summed E-state index contributed by atoms with van der Waals surface area (Å²) in [5, 5.41) is 19.5. The van der Waals surface area contributed by atoms with Crippen molar-refractivity contribution in [1.82, 2.24) is 34.3 Å². The van der Waals surface area contributed by atoms with Gasteiger partial charge in [0.1, 0.15) is 5.82 Å². The van der Waals surface area contributed by atoms with E-state index in [9.17, 15) is 9.50 Å². The van der Waals surface area contributed by atoms with Crippen LogP contribution in [0.2, 0.25) is 0 Å². The zero-order valence-electron chi connectivity index (χ0n) is 19.8. The van der Waals surface area contributed by atoms with E-state index in [0.717, 1.165) is 38.1 Å². The number of benzene rings is 1. The minimum atomic E-state index is -0.633. The number of aliphatic hydroxyl groups excluding tert-OH is 1. The molecule has 182 valence electrons. The van der Waals surface area contributed by atoms with Crippen LogP contribution in [-0.2, 0) is 6.54 Å². The number of halogens is 1. The van der Waals surface area contributed by atoms with Crippen molar-refractivity contribution in [3.8, 4) is 11.8 Å². The Kier molecular flexibility index (Phi) is 6.23. The van der Waals surface area contributed by atoms with E-state index < -0.39 is 6.10 Å². The predicted octanol–water partition coefficient (Wildman–Crippen LogP) is 1.83. The number of hydrogen-bond acceptors (Lipinski definition) is 8. The number of hydrogen-bond donors (Lipinski definition) is 2. The highest BCUT2D eigenvalue weighted by molar-refractivity contribution is 5.89. The molecular formula is C24H28FN9O. The van der Waals surface area contributed by atoms with E-state index in [2.05, 4.69) is 41.8 Å². The van der Waals surface area contributed by atoms with Crippen LogP contribution in [0.5, 0.6) is 0 Å². The Morgan fingerprint density at radius 1 is 1.14 bits per heavy atom. The lowest BCUT2D eigenvalue weighted by Crippen LogP contribution is -2.47. The van der Waals surface area contributed by atoms with Crippen LogP contribution in [0.3, 0.4) is 0 Å². The van der Waals surface area contributed by atoms with Crippen molar-refractivity contribution in [2.45, 2.75) is 32.9 Å². The van der Waals surface area contributed by atoms with Crippen LogP contribution in [0.4, 0.5) is 16.0 Å². The summed E-state index contributed by atoms with van der Waals surface area (Å²) in [4.78, 5) is 13.3. The molecule has 1 aromatic carbocycles. The van der Waals surface area contributed by atoms with Gasteiger partial charge in [-0.3, -0.25) is 4.90 Å². The van der Waals surface area contributed by atoms with E-state index in [1.54, 1.807) is 19.2 Å². The molecule has 1 atom stereocenters. The monoisotopic (exact) mass is 477 g/mol. The van der Waals surface area contributed by atoms with Crippen LogP contribution in [-0.4, -0.2) is 72.1 Å². The average molecular weight is 478 g/mol. The second-order valence-electron chi connectivity index (χ2n) is 8.58. The first kappa shape index (κ1) is 23.0. The maximum absolute atomic E-state index is 14.7. The van der Waals surface area contributed by atoms with Crippen LogP contribution in [0.1, 0.15) is 37.8 Å². The Bertz CT molecular complexity index is 1430. The molecule has 1 saturated heterocycles. The Hall–Kier alpha value is -3.75. The highest BCUT2D eigenvalue weighted by atomic mass is 19.1. The number of nitrogens with zero attached hydrogens (tertiary/aromatic N) is 8. The quantitative estimate of drug-likeness (QED) is 0.405. The molecule has 1 aliphatic rings. The number of aliphatic hydroxyl groups is 1. The SMILES string of the molecule is CC#Cc1nc2c3cnn(CCN4CCN(c5ccc(C(O)CC)cc5F)CC4)c3nc(N)n2n1. The molecule has 3 aromatic heterocycles. The third-order valence-corrected chi connectivity index (χ3v) is 6.42. The van der Waals surface area contributed by atoms with E-state index >= 15 is 0 Å². The zero-order chi connectivity index (χ0) is 24.5. The fraction of sp³-hybridized carbons (Fsp3) is 0.417. The van der Waals surface area contributed by atoms with Gasteiger partial charge in [0.2, 0.25) is 11.8 Å². The molecular weight excluding hydrogens is 449 g/mol. The molecule has 1 fully saturated rings. The molecule has 4 aromatic rings. The molecule has 35 heavy (non-hydrogen) atoms. The summed E-state index contributed by atoms with van der Waals surface area (Å²) in [6, 6.07) is 5.03. The highest BCUT2D eigenvalue weighted by Crippen LogP contribution is 2.26. The maximum atomic E-state index is 14.7. The summed E-state index contributed by atoms with van der Waals surface area (Å²) >= 11 is 0. The molecule has 0 aliphatic carbocycles.